The lowest BCUT2D eigenvalue weighted by Crippen LogP contribution is -2.36. The minimum atomic E-state index is -0.0573. The van der Waals surface area contributed by atoms with Gasteiger partial charge in [0.2, 0.25) is 5.91 Å². The van der Waals surface area contributed by atoms with Gasteiger partial charge in [-0.1, -0.05) is 6.42 Å². The lowest BCUT2D eigenvalue weighted by Gasteiger charge is -2.16. The predicted molar refractivity (Wildman–Crippen MR) is 128 cm³/mol. The van der Waals surface area contributed by atoms with Crippen LogP contribution in [-0.4, -0.2) is 119 Å². The van der Waals surface area contributed by atoms with Crippen LogP contribution in [0.15, 0.2) is 0 Å². The lowest BCUT2D eigenvalue weighted by molar-refractivity contribution is -0.121. The third-order valence-corrected chi connectivity index (χ3v) is 6.88. The lowest BCUT2D eigenvalue weighted by atomic mass is 10.0. The molecule has 0 unspecified atom stereocenters. The van der Waals surface area contributed by atoms with Crippen molar-refractivity contribution in [1.29, 1.82) is 0 Å². The van der Waals surface area contributed by atoms with Crippen LogP contribution >= 0.6 is 11.8 Å². The van der Waals surface area contributed by atoms with Crippen LogP contribution in [0, 0.1) is 0 Å². The molecular formula is C22H41N3O8S. The van der Waals surface area contributed by atoms with Crippen molar-refractivity contribution in [3.8, 4) is 0 Å². The average Bonchev–Trinajstić information content (AvgIpc) is 3.38. The molecule has 0 radical (unpaired) electrons. The fourth-order valence-electron chi connectivity index (χ4n) is 3.67. The van der Waals surface area contributed by atoms with Gasteiger partial charge in [-0.15, -0.1) is 0 Å². The molecule has 2 heterocycles. The summed E-state index contributed by atoms with van der Waals surface area (Å²) in [4.78, 5) is 23.3. The van der Waals surface area contributed by atoms with Crippen LogP contribution in [0.5, 0.6) is 0 Å². The summed E-state index contributed by atoms with van der Waals surface area (Å²) in [6, 6.07) is 0.428. The zero-order valence-corrected chi connectivity index (χ0v) is 20.8. The van der Waals surface area contributed by atoms with Crippen molar-refractivity contribution in [1.82, 2.24) is 16.0 Å². The number of unbranched alkanes of at least 4 members (excludes halogenated alkanes) is 1. The van der Waals surface area contributed by atoms with Gasteiger partial charge in [0.05, 0.1) is 84.8 Å². The predicted octanol–water partition coefficient (Wildman–Crippen LogP) is -0.0963. The second kappa shape index (κ2) is 19.1. The molecule has 0 aromatic heterocycles. The van der Waals surface area contributed by atoms with Crippen LogP contribution in [0.25, 0.3) is 0 Å². The Morgan fingerprint density at radius 3 is 2.09 bits per heavy atom. The zero-order valence-electron chi connectivity index (χ0n) is 20.0. The van der Waals surface area contributed by atoms with Crippen LogP contribution in [0.1, 0.15) is 25.7 Å². The molecule has 0 aromatic carbocycles. The number of hydrogen-bond donors (Lipinski definition) is 4. The molecule has 2 saturated heterocycles. The minimum absolute atomic E-state index is 0.0226. The first-order valence-corrected chi connectivity index (χ1v) is 13.2. The smallest absolute Gasteiger partial charge is 0.315 e. The van der Waals surface area contributed by atoms with E-state index in [4.69, 9.17) is 28.8 Å². The molecule has 0 aliphatic carbocycles. The summed E-state index contributed by atoms with van der Waals surface area (Å²) in [7, 11) is 0. The Labute approximate surface area is 206 Å². The summed E-state index contributed by atoms with van der Waals surface area (Å²) in [5.41, 5.74) is 0. The zero-order chi connectivity index (χ0) is 24.3. The maximum absolute atomic E-state index is 11.9. The second-order valence-electron chi connectivity index (χ2n) is 8.00. The molecule has 198 valence electrons. The number of rotatable bonds is 22. The van der Waals surface area contributed by atoms with Crippen LogP contribution in [0.2, 0.25) is 0 Å². The highest BCUT2D eigenvalue weighted by molar-refractivity contribution is 8.00. The Morgan fingerprint density at radius 2 is 1.47 bits per heavy atom. The van der Waals surface area contributed by atoms with E-state index in [1.165, 1.54) is 0 Å². The van der Waals surface area contributed by atoms with E-state index >= 15 is 0 Å². The van der Waals surface area contributed by atoms with E-state index in [1.54, 1.807) is 0 Å². The highest BCUT2D eigenvalue weighted by Gasteiger charge is 2.42. The third-order valence-electron chi connectivity index (χ3n) is 5.37. The number of fused-ring (bicyclic) bond motifs is 1. The summed E-state index contributed by atoms with van der Waals surface area (Å²) in [5, 5.41) is 17.8. The summed E-state index contributed by atoms with van der Waals surface area (Å²) < 4.78 is 26.6. The van der Waals surface area contributed by atoms with Gasteiger partial charge in [0.25, 0.3) is 0 Å². The number of thioether (sulfide) groups is 1. The number of nitrogens with one attached hydrogen (secondary N) is 3. The van der Waals surface area contributed by atoms with E-state index in [0.717, 1.165) is 25.0 Å². The number of aliphatic hydroxyl groups excluding tert-OH is 1. The molecule has 2 aliphatic rings. The van der Waals surface area contributed by atoms with Gasteiger partial charge >= 0.3 is 6.03 Å². The van der Waals surface area contributed by atoms with E-state index in [9.17, 15) is 9.59 Å². The Balaban J connectivity index is 1.26. The monoisotopic (exact) mass is 507 g/mol. The largest absolute Gasteiger partial charge is 0.394 e. The number of carbonyl (C=O) groups excluding carboxylic acids is 2. The van der Waals surface area contributed by atoms with Gasteiger partial charge < -0.3 is 44.7 Å². The Morgan fingerprint density at radius 1 is 0.882 bits per heavy atom. The molecule has 34 heavy (non-hydrogen) atoms. The van der Waals surface area contributed by atoms with Crippen molar-refractivity contribution in [2.45, 2.75) is 43.0 Å². The third kappa shape index (κ3) is 13.1. The summed E-state index contributed by atoms with van der Waals surface area (Å²) in [5.74, 6) is 1.01. The van der Waals surface area contributed by atoms with E-state index in [1.807, 2.05) is 11.8 Å². The van der Waals surface area contributed by atoms with E-state index in [-0.39, 0.29) is 30.6 Å². The molecule has 2 aliphatic heterocycles. The standard InChI is InChI=1S/C22H41N3O8S/c26-6-8-30-10-12-32-14-16-33-15-13-31-11-9-29-7-5-23-20(27)4-2-1-3-19-21-18(17-34-19)24-22(28)25-21/h18-19,21,26H,1-17H2,(H,23,27)(H2,24,25,28)/t18-,19-,21-/m0/s1. The van der Waals surface area contributed by atoms with E-state index < -0.39 is 0 Å². The summed E-state index contributed by atoms with van der Waals surface area (Å²) in [6.07, 6.45) is 3.37. The molecule has 0 spiro atoms. The van der Waals surface area contributed by atoms with Gasteiger partial charge in [-0.25, -0.2) is 4.79 Å². The molecular weight excluding hydrogens is 466 g/mol. The molecule has 3 amide bonds. The first-order valence-electron chi connectivity index (χ1n) is 12.2. The van der Waals surface area contributed by atoms with Gasteiger partial charge in [0, 0.05) is 24.0 Å². The SMILES string of the molecule is O=C(CCCC[C@@H]1SC[C@@H]2NC(=O)N[C@@H]21)NCCOCCOCCOCCOCCOCCO. The molecule has 3 atom stereocenters. The highest BCUT2D eigenvalue weighted by atomic mass is 32.2. The quantitative estimate of drug-likeness (QED) is 0.117. The van der Waals surface area contributed by atoms with Crippen LogP contribution in [-0.2, 0) is 28.5 Å². The van der Waals surface area contributed by atoms with E-state index in [2.05, 4.69) is 16.0 Å². The maximum atomic E-state index is 11.9. The maximum Gasteiger partial charge on any atom is 0.315 e. The number of amides is 3. The first-order chi connectivity index (χ1) is 16.7. The number of carbonyl (C=O) groups is 2. The topological polar surface area (TPSA) is 137 Å². The van der Waals surface area contributed by atoms with Crippen molar-refractivity contribution in [2.75, 3.05) is 85.0 Å². The van der Waals surface area contributed by atoms with Crippen molar-refractivity contribution in [2.24, 2.45) is 0 Å². The highest BCUT2D eigenvalue weighted by Crippen LogP contribution is 2.33. The van der Waals surface area contributed by atoms with Crippen LogP contribution < -0.4 is 16.0 Å². The van der Waals surface area contributed by atoms with Gasteiger partial charge in [-0.05, 0) is 12.8 Å². The Kier molecular flexibility index (Phi) is 16.3. The molecule has 12 heteroatoms. The molecule has 2 fully saturated rings. The Bertz CT molecular complexity index is 560. The molecule has 4 N–H and O–H groups in total. The number of urea groups is 1. The molecule has 11 nitrogen and oxygen atoms in total. The normalized spacial score (nSPS) is 21.3. The fourth-order valence-corrected chi connectivity index (χ4v) is 5.21. The minimum Gasteiger partial charge on any atom is -0.394 e. The number of hydrogen-bond acceptors (Lipinski definition) is 9. The number of aliphatic hydroxyl groups is 1. The van der Waals surface area contributed by atoms with Crippen molar-refractivity contribution in [3.63, 3.8) is 0 Å². The molecule has 0 bridgehead atoms. The van der Waals surface area contributed by atoms with Crippen molar-refractivity contribution in [3.05, 3.63) is 0 Å². The van der Waals surface area contributed by atoms with Gasteiger partial charge in [0.1, 0.15) is 0 Å². The summed E-state index contributed by atoms with van der Waals surface area (Å²) in [6.45, 7) is 5.18. The van der Waals surface area contributed by atoms with Crippen molar-refractivity contribution >= 4 is 23.7 Å². The Hall–Kier alpha value is -1.15. The fraction of sp³-hybridized carbons (Fsp3) is 0.909. The molecule has 0 aromatic rings. The van der Waals surface area contributed by atoms with Gasteiger partial charge in [-0.2, -0.15) is 11.8 Å². The molecule has 0 saturated carbocycles. The molecule has 2 rings (SSSR count). The van der Waals surface area contributed by atoms with Gasteiger partial charge in [0.15, 0.2) is 0 Å². The average molecular weight is 508 g/mol. The number of ether oxygens (including phenoxy) is 5. The van der Waals surface area contributed by atoms with Crippen LogP contribution in [0.4, 0.5) is 4.79 Å². The first kappa shape index (κ1) is 29.1. The van der Waals surface area contributed by atoms with Gasteiger partial charge in [-0.3, -0.25) is 4.79 Å². The second-order valence-corrected chi connectivity index (χ2v) is 9.28. The summed E-state index contributed by atoms with van der Waals surface area (Å²) >= 11 is 1.90. The van der Waals surface area contributed by atoms with Crippen molar-refractivity contribution < 1.29 is 38.4 Å². The van der Waals surface area contributed by atoms with Crippen LogP contribution in [0.3, 0.4) is 0 Å². The van der Waals surface area contributed by atoms with E-state index in [0.29, 0.717) is 84.3 Å².